The summed E-state index contributed by atoms with van der Waals surface area (Å²) in [6.45, 7) is 0.535. The summed E-state index contributed by atoms with van der Waals surface area (Å²) in [5.41, 5.74) is 3.63. The largest absolute Gasteiger partial charge is 0.284 e. The molecule has 1 heterocycles. The Hall–Kier alpha value is -2.92. The number of hydrogen-bond donors (Lipinski definition) is 0. The van der Waals surface area contributed by atoms with Crippen LogP contribution < -0.4 is 4.90 Å². The second-order valence-electron chi connectivity index (χ2n) is 6.31. The second kappa shape index (κ2) is 6.42. The van der Waals surface area contributed by atoms with Crippen molar-refractivity contribution < 1.29 is 13.0 Å². The standard InChI is InChI=1S/C21H19N2O2S/c1-26(24,25)20-14-8-9-17-15-22(18-10-4-2-5-11-18)16-23(21(17)20)19-12-6-3-7-13-19/h2-15H,16H2,1H3/q+1. The lowest BCUT2D eigenvalue weighted by Crippen LogP contribution is -2.33. The molecule has 3 aromatic rings. The Morgan fingerprint density at radius 3 is 2.15 bits per heavy atom. The van der Waals surface area contributed by atoms with Crippen LogP contribution in [0.15, 0.2) is 83.8 Å². The van der Waals surface area contributed by atoms with Gasteiger partial charge in [-0.2, -0.15) is 4.58 Å². The van der Waals surface area contributed by atoms with Gasteiger partial charge in [-0.15, -0.1) is 0 Å². The Balaban J connectivity index is 1.96. The van der Waals surface area contributed by atoms with Crippen LogP contribution >= 0.6 is 0 Å². The minimum Gasteiger partial charge on any atom is -0.284 e. The van der Waals surface area contributed by atoms with Crippen LogP contribution in [0.3, 0.4) is 0 Å². The van der Waals surface area contributed by atoms with E-state index in [1.54, 1.807) is 12.1 Å². The average molecular weight is 363 g/mol. The first kappa shape index (κ1) is 16.5. The Bertz CT molecular complexity index is 1080. The van der Waals surface area contributed by atoms with Gasteiger partial charge in [-0.05, 0) is 24.3 Å². The molecule has 0 fully saturated rings. The Morgan fingerprint density at radius 1 is 0.846 bits per heavy atom. The molecule has 0 aliphatic carbocycles. The maximum atomic E-state index is 12.4. The van der Waals surface area contributed by atoms with Gasteiger partial charge in [0.25, 0.3) is 0 Å². The van der Waals surface area contributed by atoms with Gasteiger partial charge in [0.05, 0.1) is 16.1 Å². The molecular formula is C21H19N2O2S+. The number of fused-ring (bicyclic) bond motifs is 1. The monoisotopic (exact) mass is 363 g/mol. The van der Waals surface area contributed by atoms with Crippen molar-refractivity contribution in [2.75, 3.05) is 17.8 Å². The predicted molar refractivity (Wildman–Crippen MR) is 105 cm³/mol. The minimum atomic E-state index is -3.35. The summed E-state index contributed by atoms with van der Waals surface area (Å²) in [5.74, 6) is 0. The van der Waals surface area contributed by atoms with Crippen molar-refractivity contribution in [2.24, 2.45) is 0 Å². The maximum Gasteiger partial charge on any atom is 0.228 e. The van der Waals surface area contributed by atoms with Crippen LogP contribution in [-0.4, -0.2) is 32.1 Å². The zero-order valence-electron chi connectivity index (χ0n) is 14.4. The van der Waals surface area contributed by atoms with Crippen molar-refractivity contribution in [3.8, 4) is 0 Å². The minimum absolute atomic E-state index is 0.350. The molecule has 5 heteroatoms. The normalized spacial score (nSPS) is 13.9. The SMILES string of the molecule is CS(=O)(=O)c1cccc2c1N(c1ccccc1)C[N+](c1ccccc1)=C2. The van der Waals surface area contributed by atoms with E-state index in [-0.39, 0.29) is 0 Å². The second-order valence-corrected chi connectivity index (χ2v) is 8.29. The Labute approximate surface area is 153 Å². The highest BCUT2D eigenvalue weighted by molar-refractivity contribution is 7.90. The third-order valence-electron chi connectivity index (χ3n) is 4.44. The Kier molecular flexibility index (Phi) is 4.09. The van der Waals surface area contributed by atoms with E-state index in [2.05, 4.69) is 9.48 Å². The van der Waals surface area contributed by atoms with Crippen molar-refractivity contribution in [1.82, 2.24) is 0 Å². The van der Waals surface area contributed by atoms with E-state index >= 15 is 0 Å². The first-order valence-corrected chi connectivity index (χ1v) is 10.3. The molecule has 4 nitrogen and oxygen atoms in total. The molecule has 0 bridgehead atoms. The van der Waals surface area contributed by atoms with E-state index in [0.717, 1.165) is 22.6 Å². The first-order chi connectivity index (χ1) is 12.5. The van der Waals surface area contributed by atoms with Gasteiger partial charge in [-0.1, -0.05) is 42.5 Å². The lowest BCUT2D eigenvalue weighted by atomic mass is 10.1. The average Bonchev–Trinajstić information content (AvgIpc) is 2.67. The number of nitrogens with zero attached hydrogens (tertiary/aromatic N) is 2. The van der Waals surface area contributed by atoms with E-state index in [4.69, 9.17) is 0 Å². The smallest absolute Gasteiger partial charge is 0.228 e. The number of sulfone groups is 1. The zero-order chi connectivity index (χ0) is 18.1. The van der Waals surface area contributed by atoms with Crippen LogP contribution in [0.5, 0.6) is 0 Å². The van der Waals surface area contributed by atoms with Crippen LogP contribution in [0.25, 0.3) is 0 Å². The van der Waals surface area contributed by atoms with E-state index in [1.807, 2.05) is 72.9 Å². The molecule has 1 aliphatic rings. The fourth-order valence-electron chi connectivity index (χ4n) is 3.26. The number of anilines is 2. The highest BCUT2D eigenvalue weighted by Crippen LogP contribution is 2.36. The fraction of sp³-hybridized carbons (Fsp3) is 0.0952. The third kappa shape index (κ3) is 3.02. The molecule has 0 saturated heterocycles. The molecule has 0 unspecified atom stereocenters. The summed E-state index contributed by atoms with van der Waals surface area (Å²) in [6, 6.07) is 25.4. The van der Waals surface area contributed by atoms with E-state index < -0.39 is 9.84 Å². The van der Waals surface area contributed by atoms with Crippen LogP contribution in [0, 0.1) is 0 Å². The predicted octanol–water partition coefficient (Wildman–Crippen LogP) is 3.96. The Morgan fingerprint density at radius 2 is 1.50 bits per heavy atom. The van der Waals surface area contributed by atoms with Crippen molar-refractivity contribution in [3.05, 3.63) is 84.4 Å². The van der Waals surface area contributed by atoms with Gasteiger partial charge in [0.1, 0.15) is 0 Å². The molecule has 0 aromatic heterocycles. The summed E-state index contributed by atoms with van der Waals surface area (Å²) in [7, 11) is -3.35. The number of para-hydroxylation sites is 3. The number of hydrogen-bond acceptors (Lipinski definition) is 3. The first-order valence-electron chi connectivity index (χ1n) is 8.36. The topological polar surface area (TPSA) is 40.4 Å². The number of benzene rings is 3. The fourth-order valence-corrected chi connectivity index (χ4v) is 4.16. The molecule has 0 spiro atoms. The van der Waals surface area contributed by atoms with Gasteiger partial charge < -0.3 is 0 Å². The van der Waals surface area contributed by atoms with Crippen LogP contribution in [0.4, 0.5) is 17.1 Å². The number of rotatable bonds is 3. The molecule has 1 aliphatic heterocycles. The van der Waals surface area contributed by atoms with Gasteiger partial charge in [-0.25, -0.2) is 8.42 Å². The quantitative estimate of drug-likeness (QED) is 0.661. The van der Waals surface area contributed by atoms with Gasteiger partial charge in [-0.3, -0.25) is 4.90 Å². The van der Waals surface area contributed by atoms with Gasteiger partial charge in [0.2, 0.25) is 12.4 Å². The van der Waals surface area contributed by atoms with Crippen LogP contribution in [0.1, 0.15) is 5.56 Å². The summed E-state index contributed by atoms with van der Waals surface area (Å²) in [5, 5.41) is 0. The molecule has 0 N–H and O–H groups in total. The summed E-state index contributed by atoms with van der Waals surface area (Å²) < 4.78 is 26.9. The van der Waals surface area contributed by atoms with Crippen molar-refractivity contribution in [3.63, 3.8) is 0 Å². The van der Waals surface area contributed by atoms with Gasteiger partial charge in [0, 0.05) is 24.1 Å². The van der Waals surface area contributed by atoms with Crippen LogP contribution in [0.2, 0.25) is 0 Å². The molecule has 0 amide bonds. The van der Waals surface area contributed by atoms with Crippen molar-refractivity contribution >= 4 is 33.1 Å². The van der Waals surface area contributed by atoms with Gasteiger partial charge >= 0.3 is 0 Å². The summed E-state index contributed by atoms with van der Waals surface area (Å²) in [6.07, 6.45) is 3.27. The molecule has 4 rings (SSSR count). The molecule has 0 saturated carbocycles. The van der Waals surface area contributed by atoms with Gasteiger partial charge in [0.15, 0.2) is 16.1 Å². The van der Waals surface area contributed by atoms with Crippen LogP contribution in [-0.2, 0) is 9.84 Å². The molecule has 26 heavy (non-hydrogen) atoms. The molecule has 0 radical (unpaired) electrons. The summed E-state index contributed by atoms with van der Waals surface area (Å²) in [4.78, 5) is 2.40. The highest BCUT2D eigenvalue weighted by atomic mass is 32.2. The summed E-state index contributed by atoms with van der Waals surface area (Å²) >= 11 is 0. The van der Waals surface area contributed by atoms with E-state index in [0.29, 0.717) is 11.6 Å². The van der Waals surface area contributed by atoms with Crippen molar-refractivity contribution in [2.45, 2.75) is 4.90 Å². The maximum absolute atomic E-state index is 12.4. The lowest BCUT2D eigenvalue weighted by molar-refractivity contribution is -0.434. The lowest BCUT2D eigenvalue weighted by Gasteiger charge is -2.29. The molecule has 3 aromatic carbocycles. The molecule has 0 atom stereocenters. The molecule has 130 valence electrons. The molecular weight excluding hydrogens is 344 g/mol. The van der Waals surface area contributed by atoms with Crippen molar-refractivity contribution in [1.29, 1.82) is 0 Å². The zero-order valence-corrected chi connectivity index (χ0v) is 15.2. The highest BCUT2D eigenvalue weighted by Gasteiger charge is 2.30. The van der Waals surface area contributed by atoms with E-state index in [1.165, 1.54) is 6.26 Å². The third-order valence-corrected chi connectivity index (χ3v) is 5.57. The van der Waals surface area contributed by atoms with E-state index in [9.17, 15) is 8.42 Å².